The molecule has 0 spiro atoms. The fourth-order valence-electron chi connectivity index (χ4n) is 1.52. The first-order valence-electron chi connectivity index (χ1n) is 5.95. The van der Waals surface area contributed by atoms with Crippen LogP contribution in [0.4, 0.5) is 4.39 Å². The molecule has 18 heavy (non-hydrogen) atoms. The molecule has 1 rings (SSSR count). The van der Waals surface area contributed by atoms with Crippen molar-refractivity contribution in [2.75, 3.05) is 19.8 Å². The van der Waals surface area contributed by atoms with Crippen LogP contribution in [0.15, 0.2) is 18.2 Å². The van der Waals surface area contributed by atoms with Crippen LogP contribution in [-0.4, -0.2) is 30.8 Å². The minimum absolute atomic E-state index is 0.296. The Morgan fingerprint density at radius 3 is 2.89 bits per heavy atom. The number of carboxylic acids is 1. The van der Waals surface area contributed by atoms with E-state index in [-0.39, 0.29) is 5.56 Å². The van der Waals surface area contributed by atoms with Gasteiger partial charge in [0.2, 0.25) is 0 Å². The molecule has 0 bridgehead atoms. The largest absolute Gasteiger partial charge is 0.478 e. The number of aromatic carboxylic acids is 1. The lowest BCUT2D eigenvalue weighted by molar-refractivity contribution is 0.0692. The van der Waals surface area contributed by atoms with Crippen LogP contribution in [0.1, 0.15) is 29.3 Å². The minimum atomic E-state index is -1.25. The summed E-state index contributed by atoms with van der Waals surface area (Å²) in [5, 5.41) is 11.8. The van der Waals surface area contributed by atoms with E-state index in [0.29, 0.717) is 19.8 Å². The number of carboxylic acid groups (broad SMARTS) is 1. The molecule has 0 aliphatic rings. The maximum absolute atomic E-state index is 13.3. The van der Waals surface area contributed by atoms with Crippen molar-refractivity contribution in [3.05, 3.63) is 35.1 Å². The highest BCUT2D eigenvalue weighted by molar-refractivity contribution is 5.87. The molecule has 0 heterocycles. The van der Waals surface area contributed by atoms with Crippen molar-refractivity contribution in [2.24, 2.45) is 0 Å². The monoisotopic (exact) mass is 255 g/mol. The number of carbonyl (C=O) groups is 1. The van der Waals surface area contributed by atoms with Crippen LogP contribution in [0.25, 0.3) is 0 Å². The highest BCUT2D eigenvalue weighted by Crippen LogP contribution is 2.10. The highest BCUT2D eigenvalue weighted by atomic mass is 19.1. The first kappa shape index (κ1) is 14.6. The summed E-state index contributed by atoms with van der Waals surface area (Å²) >= 11 is 0. The fraction of sp³-hybridized carbons (Fsp3) is 0.462. The average molecular weight is 255 g/mol. The Labute approximate surface area is 106 Å². The molecule has 0 saturated heterocycles. The third kappa shape index (κ3) is 4.81. The van der Waals surface area contributed by atoms with Crippen LogP contribution in [0, 0.1) is 5.82 Å². The van der Waals surface area contributed by atoms with Crippen molar-refractivity contribution in [2.45, 2.75) is 19.9 Å². The lowest BCUT2D eigenvalue weighted by Gasteiger charge is -2.06. The van der Waals surface area contributed by atoms with E-state index in [9.17, 15) is 9.18 Å². The van der Waals surface area contributed by atoms with Gasteiger partial charge in [-0.15, -0.1) is 0 Å². The van der Waals surface area contributed by atoms with Gasteiger partial charge in [-0.2, -0.15) is 0 Å². The van der Waals surface area contributed by atoms with Gasteiger partial charge in [0, 0.05) is 19.8 Å². The Kier molecular flexibility index (Phi) is 6.32. The van der Waals surface area contributed by atoms with Gasteiger partial charge in [-0.25, -0.2) is 9.18 Å². The zero-order valence-corrected chi connectivity index (χ0v) is 10.4. The zero-order valence-electron chi connectivity index (χ0n) is 10.4. The van der Waals surface area contributed by atoms with Crippen LogP contribution in [-0.2, 0) is 11.3 Å². The standard InChI is InChI=1S/C13H18FNO3/c1-2-18-7-3-6-15-9-10-4-5-11(13(16)17)12(14)8-10/h4-5,8,15H,2-3,6-7,9H2,1H3,(H,16,17). The van der Waals surface area contributed by atoms with Crippen LogP contribution in [0.3, 0.4) is 0 Å². The number of halogens is 1. The van der Waals surface area contributed by atoms with Crippen molar-refractivity contribution in [1.82, 2.24) is 5.32 Å². The summed E-state index contributed by atoms with van der Waals surface area (Å²) in [4.78, 5) is 10.6. The van der Waals surface area contributed by atoms with Crippen molar-refractivity contribution in [3.8, 4) is 0 Å². The molecular formula is C13H18FNO3. The Morgan fingerprint density at radius 2 is 2.28 bits per heavy atom. The van der Waals surface area contributed by atoms with Crippen molar-refractivity contribution in [3.63, 3.8) is 0 Å². The van der Waals surface area contributed by atoms with E-state index in [1.54, 1.807) is 6.07 Å². The molecule has 0 saturated carbocycles. The lowest BCUT2D eigenvalue weighted by Crippen LogP contribution is -2.16. The Bertz CT molecular complexity index is 396. The van der Waals surface area contributed by atoms with E-state index in [1.165, 1.54) is 12.1 Å². The molecule has 0 radical (unpaired) electrons. The molecule has 0 aromatic heterocycles. The second kappa shape index (κ2) is 7.79. The number of benzene rings is 1. The van der Waals surface area contributed by atoms with E-state index >= 15 is 0 Å². The SMILES string of the molecule is CCOCCCNCc1ccc(C(=O)O)c(F)c1. The van der Waals surface area contributed by atoms with E-state index in [1.807, 2.05) is 6.92 Å². The highest BCUT2D eigenvalue weighted by Gasteiger charge is 2.09. The Morgan fingerprint density at radius 1 is 1.50 bits per heavy atom. The molecule has 1 aromatic rings. The summed E-state index contributed by atoms with van der Waals surface area (Å²) in [6, 6.07) is 4.15. The summed E-state index contributed by atoms with van der Waals surface area (Å²) in [5.41, 5.74) is 0.434. The maximum atomic E-state index is 13.3. The zero-order chi connectivity index (χ0) is 13.4. The molecule has 5 heteroatoms. The molecule has 1 aromatic carbocycles. The predicted molar refractivity (Wildman–Crippen MR) is 66.2 cm³/mol. The van der Waals surface area contributed by atoms with Gasteiger partial charge in [0.25, 0.3) is 0 Å². The van der Waals surface area contributed by atoms with Crippen molar-refractivity contribution in [1.29, 1.82) is 0 Å². The minimum Gasteiger partial charge on any atom is -0.478 e. The predicted octanol–water partition coefficient (Wildman–Crippen LogP) is 2.04. The van der Waals surface area contributed by atoms with Crippen LogP contribution in [0.2, 0.25) is 0 Å². The van der Waals surface area contributed by atoms with Crippen molar-refractivity contribution < 1.29 is 19.0 Å². The number of hydrogen-bond acceptors (Lipinski definition) is 3. The van der Waals surface area contributed by atoms with Gasteiger partial charge in [0.1, 0.15) is 5.82 Å². The normalized spacial score (nSPS) is 10.6. The Hall–Kier alpha value is -1.46. The summed E-state index contributed by atoms with van der Waals surface area (Å²) in [6.45, 7) is 4.66. The van der Waals surface area contributed by atoms with E-state index < -0.39 is 11.8 Å². The molecule has 100 valence electrons. The molecule has 0 fully saturated rings. The van der Waals surface area contributed by atoms with Crippen LogP contribution >= 0.6 is 0 Å². The van der Waals surface area contributed by atoms with Gasteiger partial charge in [-0.05, 0) is 37.6 Å². The third-order valence-electron chi connectivity index (χ3n) is 2.44. The topological polar surface area (TPSA) is 58.6 Å². The lowest BCUT2D eigenvalue weighted by atomic mass is 10.1. The van der Waals surface area contributed by atoms with E-state index in [2.05, 4.69) is 5.32 Å². The number of rotatable bonds is 8. The first-order chi connectivity index (χ1) is 8.65. The van der Waals surface area contributed by atoms with Gasteiger partial charge in [0.15, 0.2) is 0 Å². The van der Waals surface area contributed by atoms with Crippen LogP contribution in [0.5, 0.6) is 0 Å². The van der Waals surface area contributed by atoms with Gasteiger partial charge < -0.3 is 15.2 Å². The smallest absolute Gasteiger partial charge is 0.338 e. The van der Waals surface area contributed by atoms with Gasteiger partial charge >= 0.3 is 5.97 Å². The molecule has 4 nitrogen and oxygen atoms in total. The number of nitrogens with one attached hydrogen (secondary N) is 1. The number of hydrogen-bond donors (Lipinski definition) is 2. The van der Waals surface area contributed by atoms with E-state index in [0.717, 1.165) is 18.5 Å². The van der Waals surface area contributed by atoms with Gasteiger partial charge in [0.05, 0.1) is 5.56 Å². The molecule has 0 aliphatic carbocycles. The molecule has 0 atom stereocenters. The van der Waals surface area contributed by atoms with Gasteiger partial charge in [-0.3, -0.25) is 0 Å². The average Bonchev–Trinajstić information content (AvgIpc) is 2.33. The second-order valence-electron chi connectivity index (χ2n) is 3.85. The summed E-state index contributed by atoms with van der Waals surface area (Å²) in [5.74, 6) is -1.94. The molecule has 0 amide bonds. The van der Waals surface area contributed by atoms with Crippen LogP contribution < -0.4 is 5.32 Å². The maximum Gasteiger partial charge on any atom is 0.338 e. The second-order valence-corrected chi connectivity index (χ2v) is 3.85. The van der Waals surface area contributed by atoms with E-state index in [4.69, 9.17) is 9.84 Å². The summed E-state index contributed by atoms with van der Waals surface area (Å²) in [6.07, 6.45) is 0.892. The summed E-state index contributed by atoms with van der Waals surface area (Å²) < 4.78 is 18.5. The quantitative estimate of drug-likeness (QED) is 0.698. The van der Waals surface area contributed by atoms with Gasteiger partial charge in [-0.1, -0.05) is 6.07 Å². The molecular weight excluding hydrogens is 237 g/mol. The fourth-order valence-corrected chi connectivity index (χ4v) is 1.52. The Balaban J connectivity index is 2.35. The third-order valence-corrected chi connectivity index (χ3v) is 2.44. The summed E-state index contributed by atoms with van der Waals surface area (Å²) in [7, 11) is 0. The number of ether oxygens (including phenoxy) is 1. The molecule has 2 N–H and O–H groups in total. The first-order valence-corrected chi connectivity index (χ1v) is 5.95. The van der Waals surface area contributed by atoms with Crippen molar-refractivity contribution >= 4 is 5.97 Å². The molecule has 0 aliphatic heterocycles. The molecule has 0 unspecified atom stereocenters.